The highest BCUT2D eigenvalue weighted by molar-refractivity contribution is 6.37. The third-order valence-electron chi connectivity index (χ3n) is 4.08. The fourth-order valence-electron chi connectivity index (χ4n) is 2.81. The molecule has 1 N–H and O–H groups in total. The Morgan fingerprint density at radius 2 is 1.86 bits per heavy atom. The maximum atomic E-state index is 13.3. The van der Waals surface area contributed by atoms with Gasteiger partial charge in [0.15, 0.2) is 5.75 Å². The molecule has 0 spiro atoms. The zero-order valence-electron chi connectivity index (χ0n) is 14.5. The van der Waals surface area contributed by atoms with E-state index in [1.54, 1.807) is 19.1 Å². The van der Waals surface area contributed by atoms with E-state index in [0.29, 0.717) is 5.75 Å². The number of rotatable bonds is 3. The SMILES string of the molecule is Cc1ccc(Oc2c(Cl)cc(Cl)c3c2C=C(C(=O)O)C(C(F)(F)F)O3)c(C)c1. The van der Waals surface area contributed by atoms with Crippen LogP contribution >= 0.6 is 23.2 Å². The first-order valence-electron chi connectivity index (χ1n) is 7.94. The van der Waals surface area contributed by atoms with Crippen molar-refractivity contribution in [1.29, 1.82) is 0 Å². The van der Waals surface area contributed by atoms with E-state index in [4.69, 9.17) is 32.7 Å². The minimum absolute atomic E-state index is 0.00114. The molecule has 0 bridgehead atoms. The first-order valence-corrected chi connectivity index (χ1v) is 8.70. The summed E-state index contributed by atoms with van der Waals surface area (Å²) in [5.74, 6) is -1.77. The zero-order valence-corrected chi connectivity index (χ0v) is 16.0. The number of fused-ring (bicyclic) bond motifs is 1. The lowest BCUT2D eigenvalue weighted by Crippen LogP contribution is -2.40. The van der Waals surface area contributed by atoms with Gasteiger partial charge in [0.25, 0.3) is 0 Å². The molecule has 0 saturated carbocycles. The number of hydrogen-bond acceptors (Lipinski definition) is 3. The van der Waals surface area contributed by atoms with Gasteiger partial charge in [-0.15, -0.1) is 0 Å². The Balaban J connectivity index is 2.18. The molecule has 148 valence electrons. The molecular formula is C19H13Cl2F3O4. The fraction of sp³-hybridized carbons (Fsp3) is 0.211. The Labute approximate surface area is 168 Å². The van der Waals surface area contributed by atoms with E-state index in [1.807, 2.05) is 13.0 Å². The second-order valence-corrected chi connectivity index (χ2v) is 7.04. The number of aliphatic carboxylic acids is 1. The van der Waals surface area contributed by atoms with E-state index in [9.17, 15) is 23.1 Å². The summed E-state index contributed by atoms with van der Waals surface area (Å²) in [6.45, 7) is 3.67. The molecule has 28 heavy (non-hydrogen) atoms. The van der Waals surface area contributed by atoms with Crippen LogP contribution in [0.25, 0.3) is 6.08 Å². The van der Waals surface area contributed by atoms with Crippen molar-refractivity contribution in [3.8, 4) is 17.2 Å². The third-order valence-corrected chi connectivity index (χ3v) is 4.64. The van der Waals surface area contributed by atoms with E-state index in [-0.39, 0.29) is 27.1 Å². The largest absolute Gasteiger partial charge is 0.478 e. The van der Waals surface area contributed by atoms with Gasteiger partial charge in [-0.3, -0.25) is 0 Å². The van der Waals surface area contributed by atoms with E-state index < -0.39 is 23.8 Å². The third kappa shape index (κ3) is 3.77. The highest BCUT2D eigenvalue weighted by Gasteiger charge is 2.49. The van der Waals surface area contributed by atoms with E-state index in [2.05, 4.69) is 0 Å². The summed E-state index contributed by atoms with van der Waals surface area (Å²) in [6.07, 6.45) is -6.78. The van der Waals surface area contributed by atoms with Gasteiger partial charge in [-0.1, -0.05) is 40.9 Å². The van der Waals surface area contributed by atoms with Crippen LogP contribution in [0.5, 0.6) is 17.2 Å². The van der Waals surface area contributed by atoms with Crippen molar-refractivity contribution in [3.63, 3.8) is 0 Å². The normalized spacial score (nSPS) is 16.1. The van der Waals surface area contributed by atoms with Crippen LogP contribution in [0.2, 0.25) is 10.0 Å². The fourth-order valence-corrected chi connectivity index (χ4v) is 3.37. The van der Waals surface area contributed by atoms with Crippen molar-refractivity contribution in [2.75, 3.05) is 0 Å². The molecular weight excluding hydrogens is 420 g/mol. The molecule has 2 aromatic rings. The molecule has 0 radical (unpaired) electrons. The Morgan fingerprint density at radius 3 is 2.43 bits per heavy atom. The van der Waals surface area contributed by atoms with Crippen molar-refractivity contribution in [3.05, 3.63) is 56.6 Å². The number of carboxylic acids is 1. The van der Waals surface area contributed by atoms with Crippen LogP contribution in [0, 0.1) is 13.8 Å². The predicted octanol–water partition coefficient (Wildman–Crippen LogP) is 6.19. The van der Waals surface area contributed by atoms with Gasteiger partial charge in [0.1, 0.15) is 11.5 Å². The van der Waals surface area contributed by atoms with Crippen LogP contribution in [0.15, 0.2) is 29.8 Å². The molecule has 0 aliphatic carbocycles. The maximum Gasteiger partial charge on any atom is 0.430 e. The molecule has 0 amide bonds. The van der Waals surface area contributed by atoms with Gasteiger partial charge in [0.2, 0.25) is 6.10 Å². The number of halogens is 5. The summed E-state index contributed by atoms with van der Waals surface area (Å²) in [5, 5.41) is 9.04. The first-order chi connectivity index (χ1) is 13.0. The van der Waals surface area contributed by atoms with Crippen molar-refractivity contribution in [2.45, 2.75) is 26.1 Å². The van der Waals surface area contributed by atoms with Crippen LogP contribution in [-0.2, 0) is 4.79 Å². The lowest BCUT2D eigenvalue weighted by Gasteiger charge is -2.29. The molecule has 1 atom stereocenters. The first kappa shape index (κ1) is 20.4. The van der Waals surface area contributed by atoms with E-state index >= 15 is 0 Å². The molecule has 1 aliphatic rings. The molecule has 1 unspecified atom stereocenters. The molecule has 0 fully saturated rings. The summed E-state index contributed by atoms with van der Waals surface area (Å²) in [6, 6.07) is 6.49. The number of ether oxygens (including phenoxy) is 2. The van der Waals surface area contributed by atoms with E-state index in [0.717, 1.165) is 17.2 Å². The smallest absolute Gasteiger partial charge is 0.430 e. The van der Waals surface area contributed by atoms with Crippen molar-refractivity contribution in [2.24, 2.45) is 0 Å². The summed E-state index contributed by atoms with van der Waals surface area (Å²) < 4.78 is 50.5. The van der Waals surface area contributed by atoms with Crippen LogP contribution in [-0.4, -0.2) is 23.4 Å². The predicted molar refractivity (Wildman–Crippen MR) is 98.5 cm³/mol. The number of benzene rings is 2. The Bertz CT molecular complexity index is 1000. The summed E-state index contributed by atoms with van der Waals surface area (Å²) in [7, 11) is 0. The Hall–Kier alpha value is -2.38. The Morgan fingerprint density at radius 1 is 1.18 bits per heavy atom. The quantitative estimate of drug-likeness (QED) is 0.627. The van der Waals surface area contributed by atoms with Gasteiger partial charge in [-0.25, -0.2) is 4.79 Å². The molecule has 3 rings (SSSR count). The Kier molecular flexibility index (Phi) is 5.25. The molecule has 9 heteroatoms. The number of carbonyl (C=O) groups is 1. The topological polar surface area (TPSA) is 55.8 Å². The van der Waals surface area contributed by atoms with Crippen LogP contribution < -0.4 is 9.47 Å². The molecule has 0 aromatic heterocycles. The molecule has 2 aromatic carbocycles. The second kappa shape index (κ2) is 7.22. The van der Waals surface area contributed by atoms with Gasteiger partial charge in [0, 0.05) is 0 Å². The molecule has 1 aliphatic heterocycles. The van der Waals surface area contributed by atoms with Crippen molar-refractivity contribution >= 4 is 35.2 Å². The highest BCUT2D eigenvalue weighted by atomic mass is 35.5. The standard InChI is InChI=1S/C19H13Cl2F3O4/c1-8-3-4-14(9(2)5-8)27-15-10-6-11(18(25)26)17(19(22,23)24)28-16(10)13(21)7-12(15)20/h3-7,17H,1-2H3,(H,25,26). The van der Waals surface area contributed by atoms with Gasteiger partial charge in [0.05, 0.1) is 21.2 Å². The lowest BCUT2D eigenvalue weighted by molar-refractivity contribution is -0.187. The van der Waals surface area contributed by atoms with Gasteiger partial charge in [-0.2, -0.15) is 13.2 Å². The number of alkyl halides is 3. The van der Waals surface area contributed by atoms with Crippen molar-refractivity contribution in [1.82, 2.24) is 0 Å². The summed E-state index contributed by atoms with van der Waals surface area (Å²) in [5.41, 5.74) is 0.671. The van der Waals surface area contributed by atoms with Crippen LogP contribution in [0.1, 0.15) is 16.7 Å². The minimum atomic E-state index is -4.94. The van der Waals surface area contributed by atoms with Gasteiger partial charge in [-0.05, 0) is 37.6 Å². The van der Waals surface area contributed by atoms with Crippen molar-refractivity contribution < 1.29 is 32.5 Å². The lowest BCUT2D eigenvalue weighted by atomic mass is 10.0. The second-order valence-electron chi connectivity index (χ2n) is 6.23. The van der Waals surface area contributed by atoms with Gasteiger partial charge >= 0.3 is 12.1 Å². The summed E-state index contributed by atoms with van der Waals surface area (Å²) >= 11 is 12.2. The average molecular weight is 433 g/mol. The highest BCUT2D eigenvalue weighted by Crippen LogP contribution is 2.49. The van der Waals surface area contributed by atoms with E-state index in [1.165, 1.54) is 6.07 Å². The van der Waals surface area contributed by atoms with Crippen LogP contribution in [0.4, 0.5) is 13.2 Å². The number of carboxylic acid groups (broad SMARTS) is 1. The number of aryl methyl sites for hydroxylation is 2. The number of hydrogen-bond donors (Lipinski definition) is 1. The molecule has 0 saturated heterocycles. The zero-order chi connectivity index (χ0) is 20.8. The molecule has 1 heterocycles. The van der Waals surface area contributed by atoms with Gasteiger partial charge < -0.3 is 14.6 Å². The van der Waals surface area contributed by atoms with Crippen LogP contribution in [0.3, 0.4) is 0 Å². The summed E-state index contributed by atoms with van der Waals surface area (Å²) in [4.78, 5) is 11.4. The average Bonchev–Trinajstić information content (AvgIpc) is 2.58. The molecule has 4 nitrogen and oxygen atoms in total. The maximum absolute atomic E-state index is 13.3. The monoisotopic (exact) mass is 432 g/mol. The minimum Gasteiger partial charge on any atom is -0.478 e.